The number of rotatable bonds is 44. The quantitative estimate of drug-likeness (QED) is 0.0270. The van der Waals surface area contributed by atoms with Crippen LogP contribution in [0.25, 0.3) is 0 Å². The highest BCUT2D eigenvalue weighted by molar-refractivity contribution is 5.99. The highest BCUT2D eigenvalue weighted by Gasteiger charge is 2.36. The van der Waals surface area contributed by atoms with Gasteiger partial charge in [0.15, 0.2) is 0 Å². The molecule has 0 unspecified atom stereocenters. The molecule has 0 radical (unpaired) electrons. The zero-order valence-corrected chi connectivity index (χ0v) is 43.3. The Morgan fingerprint density at radius 1 is 0.220 bits per heavy atom. The number of carbonyl (C=O) groups is 18. The molecule has 0 aliphatic heterocycles. The van der Waals surface area contributed by atoms with Gasteiger partial charge >= 0.3 is 59.7 Å². The zero-order valence-electron chi connectivity index (χ0n) is 43.3. The molecule has 20 N–H and O–H groups in total. The Hall–Kier alpha value is -9.58. The van der Waals surface area contributed by atoms with E-state index in [2.05, 4.69) is 10.6 Å². The van der Waals surface area contributed by atoms with Gasteiger partial charge in [0.2, 0.25) is 47.3 Å². The fraction of sp³-hybridized carbons (Fsp3) is 0.600. The smallest absolute Gasteiger partial charge is 0.326 e. The predicted molar refractivity (Wildman–Crippen MR) is 263 cm³/mol. The average molecular weight is 1180 g/mol. The van der Waals surface area contributed by atoms with Gasteiger partial charge in [0, 0.05) is 57.8 Å². The van der Waals surface area contributed by atoms with Gasteiger partial charge in [0.25, 0.3) is 0 Å². The minimum absolute atomic E-state index is 0.457. The highest BCUT2D eigenvalue weighted by atomic mass is 16.4. The topological polar surface area (TPSA) is 632 Å². The van der Waals surface area contributed by atoms with Gasteiger partial charge in [-0.15, -0.1) is 0 Å². The summed E-state index contributed by atoms with van der Waals surface area (Å²) in [6.45, 7) is 0. The lowest BCUT2D eigenvalue weighted by molar-refractivity contribution is -0.144. The summed E-state index contributed by atoms with van der Waals surface area (Å²) in [6.07, 6.45) is -14.8. The Labute approximate surface area is 461 Å². The number of nitrogens with one attached hydrogen (secondary N) is 8. The summed E-state index contributed by atoms with van der Waals surface area (Å²) in [7, 11) is 0. The molecule has 0 aromatic carbocycles. The molecule has 82 heavy (non-hydrogen) atoms. The summed E-state index contributed by atoms with van der Waals surface area (Å²) in [5.41, 5.74) is 5.69. The Bertz CT molecular complexity index is 2400. The van der Waals surface area contributed by atoms with Gasteiger partial charge in [-0.05, 0) is 57.8 Å². The summed E-state index contributed by atoms with van der Waals surface area (Å²) in [6, 6.07) is -17.7. The molecule has 37 heteroatoms. The third kappa shape index (κ3) is 31.7. The van der Waals surface area contributed by atoms with Crippen LogP contribution >= 0.6 is 0 Å². The van der Waals surface area contributed by atoms with Crippen LogP contribution in [0.5, 0.6) is 0 Å². The summed E-state index contributed by atoms with van der Waals surface area (Å²) < 4.78 is 0. The fourth-order valence-corrected chi connectivity index (χ4v) is 6.88. The first-order chi connectivity index (χ1) is 38.1. The van der Waals surface area contributed by atoms with Gasteiger partial charge in [0.05, 0.1) is 6.04 Å². The number of aliphatic carboxylic acids is 10. The van der Waals surface area contributed by atoms with Gasteiger partial charge in [0.1, 0.15) is 48.3 Å². The molecule has 0 aliphatic rings. The second-order valence-electron chi connectivity index (χ2n) is 17.8. The number of amides is 8. The van der Waals surface area contributed by atoms with Gasteiger partial charge in [-0.1, -0.05) is 0 Å². The van der Waals surface area contributed by atoms with Crippen molar-refractivity contribution in [2.75, 3.05) is 0 Å². The van der Waals surface area contributed by atoms with E-state index in [9.17, 15) is 127 Å². The zero-order chi connectivity index (χ0) is 63.0. The SMILES string of the molecule is N[C@@H](CCC(=O)O)C(=O)N[C@@H](CCC(=O)O)C(=O)N[C@@H](CCC(=O)O)C(=O)N[C@@H](CCC(=O)O)C(=O)N[C@@H](CCC(=O)O)C(=O)N[C@@H](CCC(=O)O)C(=O)N[C@@H](CCC(=O)O)C(=O)N[C@@H](CCC(=O)O)C(=O)N[C@@H](CCC(=O)O)C(=O)O. The lowest BCUT2D eigenvalue weighted by atomic mass is 10.0. The Morgan fingerprint density at radius 2 is 0.354 bits per heavy atom. The van der Waals surface area contributed by atoms with Gasteiger partial charge in [-0.2, -0.15) is 0 Å². The number of carbonyl (C=O) groups excluding carboxylic acids is 8. The molecule has 0 bridgehead atoms. The van der Waals surface area contributed by atoms with E-state index in [4.69, 9.17) is 15.9 Å². The van der Waals surface area contributed by atoms with E-state index in [0.717, 1.165) is 0 Å². The maximum absolute atomic E-state index is 13.9. The van der Waals surface area contributed by atoms with Gasteiger partial charge < -0.3 is 99.3 Å². The summed E-state index contributed by atoms with van der Waals surface area (Å²) in [5, 5.41) is 109. The van der Waals surface area contributed by atoms with Crippen molar-refractivity contribution in [3.05, 3.63) is 0 Å². The van der Waals surface area contributed by atoms with E-state index < -0.39 is 277 Å². The molecule has 0 heterocycles. The van der Waals surface area contributed by atoms with Crippen molar-refractivity contribution in [3.8, 4) is 0 Å². The molecule has 8 amide bonds. The maximum Gasteiger partial charge on any atom is 0.326 e. The Kier molecular flexibility index (Phi) is 33.0. The van der Waals surface area contributed by atoms with Crippen molar-refractivity contribution < 1.29 is 137 Å². The number of nitrogens with two attached hydrogens (primary N) is 1. The fourth-order valence-electron chi connectivity index (χ4n) is 6.88. The van der Waals surface area contributed by atoms with Crippen LogP contribution in [0.1, 0.15) is 116 Å². The molecular weight excluding hydrogens is 1110 g/mol. The number of carboxylic acids is 10. The van der Waals surface area contributed by atoms with Crippen molar-refractivity contribution in [2.24, 2.45) is 5.73 Å². The molecule has 458 valence electrons. The molecular formula is C45H65N9O28. The highest BCUT2D eigenvalue weighted by Crippen LogP contribution is 2.11. The first kappa shape index (κ1) is 72.4. The van der Waals surface area contributed by atoms with Crippen LogP contribution in [0, 0.1) is 0 Å². The third-order valence-electron chi connectivity index (χ3n) is 11.2. The van der Waals surface area contributed by atoms with Crippen LogP contribution in [0.15, 0.2) is 0 Å². The van der Waals surface area contributed by atoms with Crippen molar-refractivity contribution in [1.82, 2.24) is 42.5 Å². The van der Waals surface area contributed by atoms with E-state index >= 15 is 0 Å². The molecule has 37 nitrogen and oxygen atoms in total. The molecule has 0 aromatic rings. The molecule has 0 rings (SSSR count). The van der Waals surface area contributed by atoms with Crippen LogP contribution < -0.4 is 48.3 Å². The lowest BCUT2D eigenvalue weighted by Crippen LogP contribution is -2.60. The van der Waals surface area contributed by atoms with Crippen LogP contribution in [0.2, 0.25) is 0 Å². The molecule has 0 fully saturated rings. The summed E-state index contributed by atoms with van der Waals surface area (Å²) in [4.78, 5) is 223. The Morgan fingerprint density at radius 3 is 0.512 bits per heavy atom. The van der Waals surface area contributed by atoms with Crippen molar-refractivity contribution in [2.45, 2.75) is 170 Å². The third-order valence-corrected chi connectivity index (χ3v) is 11.2. The van der Waals surface area contributed by atoms with E-state index in [-0.39, 0.29) is 0 Å². The van der Waals surface area contributed by atoms with E-state index in [1.54, 1.807) is 0 Å². The van der Waals surface area contributed by atoms with Crippen LogP contribution in [-0.2, 0) is 86.3 Å². The largest absolute Gasteiger partial charge is 0.481 e. The van der Waals surface area contributed by atoms with E-state index in [0.29, 0.717) is 0 Å². The molecule has 0 aromatic heterocycles. The van der Waals surface area contributed by atoms with E-state index in [1.807, 2.05) is 31.9 Å². The minimum Gasteiger partial charge on any atom is -0.481 e. The van der Waals surface area contributed by atoms with Crippen LogP contribution in [-0.4, -0.2) is 212 Å². The van der Waals surface area contributed by atoms with Crippen molar-refractivity contribution >= 4 is 107 Å². The van der Waals surface area contributed by atoms with Gasteiger partial charge in [-0.3, -0.25) is 81.5 Å². The average Bonchev–Trinajstić information content (AvgIpc) is 3.36. The maximum atomic E-state index is 13.9. The number of carboxylic acid groups (broad SMARTS) is 10. The molecule has 0 aliphatic carbocycles. The monoisotopic (exact) mass is 1180 g/mol. The Balaban J connectivity index is 7.10. The first-order valence-corrected chi connectivity index (χ1v) is 24.5. The second-order valence-corrected chi connectivity index (χ2v) is 17.8. The molecule has 0 saturated heterocycles. The minimum atomic E-state index is -2.12. The lowest BCUT2D eigenvalue weighted by Gasteiger charge is -2.28. The molecule has 0 spiro atoms. The van der Waals surface area contributed by atoms with Crippen LogP contribution in [0.3, 0.4) is 0 Å². The van der Waals surface area contributed by atoms with Crippen molar-refractivity contribution in [3.63, 3.8) is 0 Å². The summed E-state index contributed by atoms with van der Waals surface area (Å²) in [5.74, 6) is -26.9. The predicted octanol–water partition coefficient (Wildman–Crippen LogP) is -5.94. The molecule has 0 saturated carbocycles. The van der Waals surface area contributed by atoms with Gasteiger partial charge in [-0.25, -0.2) is 4.79 Å². The molecule has 9 atom stereocenters. The number of hydrogen-bond donors (Lipinski definition) is 19. The van der Waals surface area contributed by atoms with Crippen molar-refractivity contribution in [1.29, 1.82) is 0 Å². The second kappa shape index (κ2) is 37.3. The first-order valence-electron chi connectivity index (χ1n) is 24.5. The van der Waals surface area contributed by atoms with Crippen LogP contribution in [0.4, 0.5) is 0 Å². The summed E-state index contributed by atoms with van der Waals surface area (Å²) >= 11 is 0. The van der Waals surface area contributed by atoms with E-state index in [1.165, 1.54) is 0 Å². The number of hydrogen-bond acceptors (Lipinski definition) is 19. The standard InChI is InChI=1S/C45H65N9O28/c46-19(1-10-28(55)56)37(73)47-20(2-11-29(57)58)38(74)48-21(3-12-30(59)60)39(75)49-22(4-13-31(61)62)40(76)50-23(5-14-32(63)64)41(77)51-24(6-15-33(65)66)42(78)52-25(7-16-34(67)68)43(79)53-26(8-17-35(69)70)44(80)54-27(45(81)82)9-18-36(71)72/h19-27H,1-18,46H2,(H,47,73)(H,48,74)(H,49,75)(H,50,76)(H,51,77)(H,52,78)(H,53,79)(H,54,80)(H,55,56)(H,57,58)(H,59,60)(H,61,62)(H,63,64)(H,65,66)(H,67,68)(H,69,70)(H,71,72)(H,81,82)/t19-,20-,21-,22-,23-,24-,25-,26-,27-/m0/s1. The normalized spacial score (nSPS) is 14.0.